The van der Waals surface area contributed by atoms with Gasteiger partial charge in [-0.05, 0) is 130 Å². The number of pyridine rings is 1. The molecule has 2 aliphatic carbocycles. The van der Waals surface area contributed by atoms with Crippen LogP contribution < -0.4 is 30.0 Å². The third-order valence-electron chi connectivity index (χ3n) is 15.4. The first kappa shape index (κ1) is 44.9. The first-order valence-corrected chi connectivity index (χ1v) is 25.2. The summed E-state index contributed by atoms with van der Waals surface area (Å²) in [7, 11) is -4.72. The van der Waals surface area contributed by atoms with Crippen molar-refractivity contribution in [2.45, 2.75) is 120 Å². The molecule has 5 N–H and O–H groups in total. The van der Waals surface area contributed by atoms with Gasteiger partial charge in [0.25, 0.3) is 27.2 Å². The lowest BCUT2D eigenvalue weighted by Crippen LogP contribution is -2.55. The van der Waals surface area contributed by atoms with Gasteiger partial charge in [0, 0.05) is 60.6 Å². The zero-order valence-corrected chi connectivity index (χ0v) is 39.0. The Balaban J connectivity index is 0.867. The molecule has 0 unspecified atom stereocenters. The van der Waals surface area contributed by atoms with Gasteiger partial charge in [-0.15, -0.1) is 0 Å². The van der Waals surface area contributed by atoms with Crippen molar-refractivity contribution in [3.63, 3.8) is 0 Å². The van der Waals surface area contributed by atoms with Crippen molar-refractivity contribution < 1.29 is 32.7 Å². The number of H-pyrrole nitrogens is 2. The van der Waals surface area contributed by atoms with Crippen LogP contribution in [0.15, 0.2) is 82.6 Å². The molecule has 5 aromatic rings. The number of nitro benzene ring substituents is 1. The predicted octanol–water partition coefficient (Wildman–Crippen LogP) is 8.50. The number of hydrogen-bond acceptors (Lipinski definition) is 12. The number of anilines is 2. The number of amides is 1. The van der Waals surface area contributed by atoms with Gasteiger partial charge in [0.1, 0.15) is 18.0 Å². The zero-order chi connectivity index (χ0) is 46.8. The van der Waals surface area contributed by atoms with Crippen molar-refractivity contribution in [1.82, 2.24) is 19.6 Å². The molecule has 17 heteroatoms. The average molecular weight is 934 g/mol. The number of nitrogens with one attached hydrogen (secondary N) is 4. The summed E-state index contributed by atoms with van der Waals surface area (Å²) < 4.78 is 42.2. The van der Waals surface area contributed by atoms with E-state index >= 15 is 0 Å². The predicted molar refractivity (Wildman–Crippen MR) is 255 cm³/mol. The molecule has 5 aliphatic rings. The highest BCUT2D eigenvalue weighted by atomic mass is 32.2. The van der Waals surface area contributed by atoms with E-state index in [2.05, 4.69) is 67.9 Å². The van der Waals surface area contributed by atoms with Crippen molar-refractivity contribution in [1.29, 1.82) is 0 Å². The monoisotopic (exact) mass is 933 g/mol. The van der Waals surface area contributed by atoms with Gasteiger partial charge in [-0.2, -0.15) is 0 Å². The van der Waals surface area contributed by atoms with Gasteiger partial charge in [0.2, 0.25) is 0 Å². The molecule has 354 valence electrons. The highest BCUT2D eigenvalue weighted by Gasteiger charge is 2.50. The maximum absolute atomic E-state index is 14.1. The van der Waals surface area contributed by atoms with Crippen LogP contribution in [-0.4, -0.2) is 83.1 Å². The number of nitro groups is 1. The summed E-state index contributed by atoms with van der Waals surface area (Å²) in [4.78, 5) is 49.2. The lowest BCUT2D eigenvalue weighted by molar-refractivity contribution is -0.384. The molecule has 2 saturated heterocycles. The number of carbonyl (C=O) groups excluding carboxylic acids is 1. The number of rotatable bonds is 11. The van der Waals surface area contributed by atoms with Gasteiger partial charge >= 0.3 is 0 Å². The zero-order valence-electron chi connectivity index (χ0n) is 38.2. The Morgan fingerprint density at radius 2 is 1.75 bits per heavy atom. The average Bonchev–Trinajstić information content (AvgIpc) is 3.97. The third kappa shape index (κ3) is 8.77. The molecular formula is C50H59N7O9S. The molecular weight excluding hydrogens is 875 g/mol. The minimum Gasteiger partial charge on any atom is -0.489 e. The van der Waals surface area contributed by atoms with Crippen LogP contribution in [0.5, 0.6) is 17.2 Å². The summed E-state index contributed by atoms with van der Waals surface area (Å²) in [5, 5.41) is 26.7. The number of fused-ring (bicyclic) bond motifs is 2. The molecule has 1 spiro atoms. The smallest absolute Gasteiger partial charge is 0.297 e. The topological polar surface area (TPSA) is 212 Å². The first-order chi connectivity index (χ1) is 32.1. The highest BCUT2D eigenvalue weighted by Crippen LogP contribution is 2.54. The number of sulfonamides is 1. The molecule has 5 heterocycles. The largest absolute Gasteiger partial charge is 0.489 e. The van der Waals surface area contributed by atoms with E-state index in [4.69, 9.17) is 9.47 Å². The number of benzene rings is 3. The highest BCUT2D eigenvalue weighted by molar-refractivity contribution is 7.90. The van der Waals surface area contributed by atoms with E-state index < -0.39 is 42.6 Å². The summed E-state index contributed by atoms with van der Waals surface area (Å²) in [5.41, 5.74) is 2.50. The van der Waals surface area contributed by atoms with E-state index in [1.807, 2.05) is 0 Å². The standard InChI is InChI=1S/C50H59N7O9S/c1-30(2)36-7-4-5-8-37(36)40-9-6-20-56(40)34-27-50(28-34)17-21-55(22-18-50)33-10-11-38(42(24-33)66-44-23-32-14-19-51-46(32)53-48(44)59)47(58)54-67(63,64)35-25-41(57(61)62)45-43(26-35)65-29-39(52-45)31-12-15-49(3,60)16-13-31/h4-5,7-8,10-11,14,19,23-26,30-31,34,39-40,52,60H,6,9,12-13,15-18,20-22,27-29H2,1-3H3,(H,54,58)(H2,51,53,59)/t31?,39-,40-,49?/m1/s1. The Labute approximate surface area is 389 Å². The number of carbonyl (C=O) groups is 1. The maximum Gasteiger partial charge on any atom is 0.297 e. The SMILES string of the molecule is CC(C)c1ccccc1[C@H]1CCCN1C1CC2(CCN(c3ccc(C(=O)NS(=O)(=O)c4cc5c(c([N+](=O)[O-])c4)N[C@@H](C4CCC(C)(O)CC4)CO5)c(Oc4cc5cc[nH]c5[nH]c4=O)c3)CC2)C1. The first-order valence-electron chi connectivity index (χ1n) is 23.7. The Bertz CT molecular complexity index is 2890. The molecule has 2 aromatic heterocycles. The Kier molecular flexibility index (Phi) is 11.6. The van der Waals surface area contributed by atoms with E-state index in [-0.39, 0.29) is 52.5 Å². The molecule has 1 amide bonds. The van der Waals surface area contributed by atoms with Crippen LogP contribution in [-0.2, 0) is 10.0 Å². The lowest BCUT2D eigenvalue weighted by Gasteiger charge is -2.56. The number of likely N-dealkylation sites (tertiary alicyclic amines) is 1. The van der Waals surface area contributed by atoms with Crippen molar-refractivity contribution in [2.24, 2.45) is 11.3 Å². The summed E-state index contributed by atoms with van der Waals surface area (Å²) in [5.74, 6) is -0.640. The molecule has 3 aromatic carbocycles. The van der Waals surface area contributed by atoms with Crippen molar-refractivity contribution in [3.05, 3.63) is 110 Å². The molecule has 2 atom stereocenters. The van der Waals surface area contributed by atoms with E-state index in [0.29, 0.717) is 54.7 Å². The van der Waals surface area contributed by atoms with Gasteiger partial charge in [-0.3, -0.25) is 24.6 Å². The van der Waals surface area contributed by atoms with E-state index in [9.17, 15) is 33.2 Å². The summed E-state index contributed by atoms with van der Waals surface area (Å²) in [6.07, 6.45) is 11.0. The Hall–Kier alpha value is -5.91. The van der Waals surface area contributed by atoms with E-state index in [1.54, 1.807) is 37.4 Å². The minimum atomic E-state index is -4.72. The van der Waals surface area contributed by atoms with Crippen molar-refractivity contribution in [2.75, 3.05) is 36.5 Å². The van der Waals surface area contributed by atoms with Crippen LogP contribution >= 0.6 is 0 Å². The fourth-order valence-electron chi connectivity index (χ4n) is 11.6. The number of aromatic amines is 2. The summed E-state index contributed by atoms with van der Waals surface area (Å²) in [6, 6.07) is 19.9. The van der Waals surface area contributed by atoms with Gasteiger partial charge in [0.15, 0.2) is 17.2 Å². The summed E-state index contributed by atoms with van der Waals surface area (Å²) in [6.45, 7) is 9.17. The Morgan fingerprint density at radius 1 is 0.985 bits per heavy atom. The van der Waals surface area contributed by atoms with Crippen LogP contribution in [0.4, 0.5) is 17.1 Å². The van der Waals surface area contributed by atoms with Gasteiger partial charge < -0.3 is 34.8 Å². The van der Waals surface area contributed by atoms with E-state index in [1.165, 1.54) is 36.1 Å². The van der Waals surface area contributed by atoms with Crippen LogP contribution in [0, 0.1) is 21.4 Å². The second-order valence-corrected chi connectivity index (χ2v) is 21.9. The molecule has 3 aliphatic heterocycles. The number of hydrogen-bond donors (Lipinski definition) is 5. The third-order valence-corrected chi connectivity index (χ3v) is 16.7. The fourth-order valence-corrected chi connectivity index (χ4v) is 12.6. The number of piperidine rings is 1. The number of ether oxygens (including phenoxy) is 2. The van der Waals surface area contributed by atoms with Crippen molar-refractivity contribution in [3.8, 4) is 17.2 Å². The van der Waals surface area contributed by atoms with Gasteiger partial charge in [0.05, 0.1) is 27.0 Å². The van der Waals surface area contributed by atoms with E-state index in [0.717, 1.165) is 57.1 Å². The molecule has 0 radical (unpaired) electrons. The van der Waals surface area contributed by atoms with Crippen molar-refractivity contribution >= 4 is 44.0 Å². The summed E-state index contributed by atoms with van der Waals surface area (Å²) >= 11 is 0. The van der Waals surface area contributed by atoms with Gasteiger partial charge in [-0.1, -0.05) is 38.1 Å². The molecule has 67 heavy (non-hydrogen) atoms. The quantitative estimate of drug-likeness (QED) is 0.0623. The molecule has 10 rings (SSSR count). The normalized spacial score (nSPS) is 24.2. The molecule has 4 fully saturated rings. The molecule has 2 saturated carbocycles. The van der Waals surface area contributed by atoms with Gasteiger partial charge in [-0.25, -0.2) is 13.1 Å². The van der Waals surface area contributed by atoms with Crippen LogP contribution in [0.25, 0.3) is 11.0 Å². The fraction of sp³-hybridized carbons (Fsp3) is 0.480. The maximum atomic E-state index is 14.1. The second kappa shape index (κ2) is 17.3. The Morgan fingerprint density at radius 3 is 2.49 bits per heavy atom. The molecule has 0 bridgehead atoms. The van der Waals surface area contributed by atoms with Crippen LogP contribution in [0.2, 0.25) is 0 Å². The second-order valence-electron chi connectivity index (χ2n) is 20.2. The van der Waals surface area contributed by atoms with Crippen LogP contribution in [0.1, 0.15) is 118 Å². The number of aromatic nitrogens is 2. The minimum absolute atomic E-state index is 0.0257. The molecule has 16 nitrogen and oxygen atoms in total. The number of aliphatic hydroxyl groups is 1. The number of nitrogens with zero attached hydrogens (tertiary/aromatic N) is 3. The lowest BCUT2D eigenvalue weighted by atomic mass is 9.59. The van der Waals surface area contributed by atoms with Crippen LogP contribution in [0.3, 0.4) is 0 Å².